The van der Waals surface area contributed by atoms with Crippen molar-refractivity contribution in [2.75, 3.05) is 42.5 Å². The second-order valence-electron chi connectivity index (χ2n) is 10.4. The van der Waals surface area contributed by atoms with Gasteiger partial charge in [-0.3, -0.25) is 19.1 Å². The van der Waals surface area contributed by atoms with Crippen LogP contribution in [0.4, 0.5) is 11.5 Å². The fraction of sp³-hybridized carbons (Fsp3) is 0.484. The molecule has 0 bridgehead atoms. The Morgan fingerprint density at radius 3 is 2.35 bits per heavy atom. The molecule has 0 aliphatic carbocycles. The fourth-order valence-corrected chi connectivity index (χ4v) is 6.81. The van der Waals surface area contributed by atoms with E-state index in [1.807, 2.05) is 38.1 Å². The Morgan fingerprint density at radius 1 is 1.07 bits per heavy atom. The summed E-state index contributed by atoms with van der Waals surface area (Å²) in [6, 6.07) is 12.5. The number of aromatic nitrogens is 1. The fourth-order valence-electron chi connectivity index (χ4n) is 5.56. The number of pyridine rings is 1. The van der Waals surface area contributed by atoms with E-state index in [4.69, 9.17) is 12.2 Å². The quantitative estimate of drug-likeness (QED) is 0.261. The molecule has 2 fully saturated rings. The SMILES string of the molecule is CCCCC(CC)CN1C(=O)C(=Cc2c(C)c(C#N)c(=O)n(CC)c2N2CCN(c3ccccc3)CC2)SC1=S. The van der Waals surface area contributed by atoms with Crippen LogP contribution in [0.3, 0.4) is 0 Å². The first-order chi connectivity index (χ1) is 19.3. The van der Waals surface area contributed by atoms with E-state index in [2.05, 4.69) is 41.8 Å². The van der Waals surface area contributed by atoms with Gasteiger partial charge in [0.25, 0.3) is 11.5 Å². The molecule has 0 saturated carbocycles. The standard InChI is InChI=1S/C31H39N5O2S2/c1-5-8-12-23(6-2)21-36-30(38)27(40-31(36)39)19-25-22(4)26(20-32)29(37)35(7-3)28(25)34-17-15-33(16-18-34)24-13-10-9-11-14-24/h9-11,13-14,19,23H,5-8,12,15-18,21H2,1-4H3. The van der Waals surface area contributed by atoms with Gasteiger partial charge in [-0.05, 0) is 50.0 Å². The number of hydrogen-bond acceptors (Lipinski definition) is 7. The molecule has 2 saturated heterocycles. The summed E-state index contributed by atoms with van der Waals surface area (Å²) in [6.07, 6.45) is 6.21. The third-order valence-electron chi connectivity index (χ3n) is 8.00. The van der Waals surface area contributed by atoms with Crippen LogP contribution in [0.1, 0.15) is 63.1 Å². The summed E-state index contributed by atoms with van der Waals surface area (Å²) >= 11 is 6.98. The summed E-state index contributed by atoms with van der Waals surface area (Å²) in [4.78, 5) is 33.9. The summed E-state index contributed by atoms with van der Waals surface area (Å²) in [5.74, 6) is 1.10. The highest BCUT2D eigenvalue weighted by Gasteiger charge is 2.34. The molecule has 4 rings (SSSR count). The second-order valence-corrected chi connectivity index (χ2v) is 12.1. The Hall–Kier alpha value is -3.09. The van der Waals surface area contributed by atoms with Crippen molar-refractivity contribution in [3.63, 3.8) is 0 Å². The Labute approximate surface area is 247 Å². The number of thioether (sulfide) groups is 1. The summed E-state index contributed by atoms with van der Waals surface area (Å²) in [6.45, 7) is 12.2. The van der Waals surface area contributed by atoms with Crippen LogP contribution in [0.25, 0.3) is 6.08 Å². The second kappa shape index (κ2) is 13.5. The van der Waals surface area contributed by atoms with Crippen molar-refractivity contribution < 1.29 is 4.79 Å². The first kappa shape index (κ1) is 29.9. The lowest BCUT2D eigenvalue weighted by Crippen LogP contribution is -2.48. The number of piperazine rings is 1. The molecule has 0 spiro atoms. The van der Waals surface area contributed by atoms with Gasteiger partial charge in [-0.15, -0.1) is 0 Å². The van der Waals surface area contributed by atoms with Gasteiger partial charge < -0.3 is 9.80 Å². The molecule has 1 aromatic heterocycles. The molecule has 1 amide bonds. The number of unbranched alkanes of at least 4 members (excludes halogenated alkanes) is 1. The molecule has 2 aliphatic rings. The number of para-hydroxylation sites is 1. The van der Waals surface area contributed by atoms with Crippen LogP contribution in [0.15, 0.2) is 40.0 Å². The van der Waals surface area contributed by atoms with Crippen LogP contribution in [0.5, 0.6) is 0 Å². The molecular formula is C31H39N5O2S2. The molecule has 7 nitrogen and oxygen atoms in total. The van der Waals surface area contributed by atoms with Gasteiger partial charge in [0.2, 0.25) is 0 Å². The molecule has 2 aromatic rings. The highest BCUT2D eigenvalue weighted by molar-refractivity contribution is 8.26. The van der Waals surface area contributed by atoms with Crippen molar-refractivity contribution in [2.45, 2.75) is 59.9 Å². The van der Waals surface area contributed by atoms with E-state index in [0.717, 1.165) is 63.2 Å². The summed E-state index contributed by atoms with van der Waals surface area (Å²) in [5, 5.41) is 9.89. The molecule has 1 aromatic carbocycles. The summed E-state index contributed by atoms with van der Waals surface area (Å²) in [7, 11) is 0. The number of anilines is 2. The lowest BCUT2D eigenvalue weighted by Gasteiger charge is -2.39. The number of carbonyl (C=O) groups excluding carboxylic acids is 1. The van der Waals surface area contributed by atoms with Crippen molar-refractivity contribution in [3.8, 4) is 6.07 Å². The van der Waals surface area contributed by atoms with Crippen LogP contribution in [-0.4, -0.2) is 52.4 Å². The van der Waals surface area contributed by atoms with Crippen LogP contribution in [0.2, 0.25) is 0 Å². The zero-order valence-corrected chi connectivity index (χ0v) is 25.6. The van der Waals surface area contributed by atoms with Gasteiger partial charge in [-0.1, -0.05) is 75.3 Å². The molecule has 2 aliphatic heterocycles. The predicted molar refractivity (Wildman–Crippen MR) is 170 cm³/mol. The number of nitriles is 1. The molecule has 0 radical (unpaired) electrons. The zero-order valence-electron chi connectivity index (χ0n) is 24.0. The maximum Gasteiger partial charge on any atom is 0.270 e. The first-order valence-corrected chi connectivity index (χ1v) is 15.5. The normalized spacial score (nSPS) is 17.6. The van der Waals surface area contributed by atoms with Gasteiger partial charge in [0, 0.05) is 50.5 Å². The Bertz CT molecular complexity index is 1370. The number of carbonyl (C=O) groups is 1. The Kier molecular flexibility index (Phi) is 10.1. The molecular weight excluding hydrogens is 539 g/mol. The van der Waals surface area contributed by atoms with E-state index in [1.54, 1.807) is 9.47 Å². The zero-order chi connectivity index (χ0) is 28.8. The highest BCUT2D eigenvalue weighted by Crippen LogP contribution is 2.37. The molecule has 3 heterocycles. The maximum absolute atomic E-state index is 13.6. The molecule has 0 N–H and O–H groups in total. The minimum atomic E-state index is -0.283. The van der Waals surface area contributed by atoms with Crippen molar-refractivity contribution in [1.29, 1.82) is 5.26 Å². The molecule has 40 heavy (non-hydrogen) atoms. The lowest BCUT2D eigenvalue weighted by molar-refractivity contribution is -0.122. The predicted octanol–water partition coefficient (Wildman–Crippen LogP) is 5.79. The van der Waals surface area contributed by atoms with Crippen molar-refractivity contribution in [2.24, 2.45) is 5.92 Å². The molecule has 9 heteroatoms. The van der Waals surface area contributed by atoms with E-state index in [-0.39, 0.29) is 17.0 Å². The molecule has 1 atom stereocenters. The van der Waals surface area contributed by atoms with Crippen molar-refractivity contribution >= 4 is 51.8 Å². The van der Waals surface area contributed by atoms with Crippen LogP contribution in [0, 0.1) is 24.2 Å². The topological polar surface area (TPSA) is 72.6 Å². The minimum absolute atomic E-state index is 0.0862. The average Bonchev–Trinajstić information content (AvgIpc) is 3.24. The monoisotopic (exact) mass is 577 g/mol. The van der Waals surface area contributed by atoms with E-state index in [9.17, 15) is 14.9 Å². The van der Waals surface area contributed by atoms with Gasteiger partial charge in [-0.25, -0.2) is 0 Å². The summed E-state index contributed by atoms with van der Waals surface area (Å²) in [5.41, 5.74) is 2.39. The minimum Gasteiger partial charge on any atom is -0.368 e. The molecule has 212 valence electrons. The smallest absolute Gasteiger partial charge is 0.270 e. The van der Waals surface area contributed by atoms with E-state index < -0.39 is 0 Å². The number of thiocarbonyl (C=S) groups is 1. The van der Waals surface area contributed by atoms with E-state index in [0.29, 0.717) is 33.8 Å². The number of amides is 1. The number of nitrogens with zero attached hydrogens (tertiary/aromatic N) is 5. The van der Waals surface area contributed by atoms with Gasteiger partial charge in [0.05, 0.1) is 4.91 Å². The highest BCUT2D eigenvalue weighted by atomic mass is 32.2. The van der Waals surface area contributed by atoms with Gasteiger partial charge in [0.15, 0.2) is 0 Å². The van der Waals surface area contributed by atoms with Crippen LogP contribution < -0.4 is 15.4 Å². The first-order valence-electron chi connectivity index (χ1n) is 14.3. The summed E-state index contributed by atoms with van der Waals surface area (Å²) < 4.78 is 2.26. The molecule has 1 unspecified atom stereocenters. The Morgan fingerprint density at radius 2 is 1.75 bits per heavy atom. The van der Waals surface area contributed by atoms with Crippen molar-refractivity contribution in [1.82, 2.24) is 9.47 Å². The average molecular weight is 578 g/mol. The number of benzene rings is 1. The van der Waals surface area contributed by atoms with Crippen molar-refractivity contribution in [3.05, 3.63) is 62.3 Å². The van der Waals surface area contributed by atoms with E-state index in [1.165, 1.54) is 17.4 Å². The number of rotatable bonds is 10. The van der Waals surface area contributed by atoms with Crippen LogP contribution in [-0.2, 0) is 11.3 Å². The Balaban J connectivity index is 1.70. The largest absolute Gasteiger partial charge is 0.368 e. The number of hydrogen-bond donors (Lipinski definition) is 0. The van der Waals surface area contributed by atoms with E-state index >= 15 is 0 Å². The van der Waals surface area contributed by atoms with Gasteiger partial charge in [-0.2, -0.15) is 5.26 Å². The third kappa shape index (κ3) is 6.13. The third-order valence-corrected chi connectivity index (χ3v) is 9.37. The lowest BCUT2D eigenvalue weighted by atomic mass is 9.99. The van der Waals surface area contributed by atoms with Crippen LogP contribution >= 0.6 is 24.0 Å². The van der Waals surface area contributed by atoms with Gasteiger partial charge >= 0.3 is 0 Å². The maximum atomic E-state index is 13.6. The van der Waals surface area contributed by atoms with Gasteiger partial charge in [0.1, 0.15) is 21.8 Å².